The second-order valence-corrected chi connectivity index (χ2v) is 5.27. The molecule has 1 N–H and O–H groups in total. The summed E-state index contributed by atoms with van der Waals surface area (Å²) in [5.41, 5.74) is 0.990. The van der Waals surface area contributed by atoms with Crippen molar-refractivity contribution in [3.63, 3.8) is 0 Å². The average molecular weight is 353 g/mol. The lowest BCUT2D eigenvalue weighted by molar-refractivity contribution is -0.167. The Bertz CT molecular complexity index is 777. The molecule has 0 aliphatic carbocycles. The van der Waals surface area contributed by atoms with Crippen molar-refractivity contribution >= 4 is 11.6 Å². The number of benzene rings is 2. The maximum atomic E-state index is 12.6. The second-order valence-electron chi connectivity index (χ2n) is 5.27. The Hall–Kier alpha value is -2.74. The van der Waals surface area contributed by atoms with Crippen LogP contribution in [0.15, 0.2) is 42.5 Å². The molecule has 2 aromatic rings. The quantitative estimate of drug-likeness (QED) is 0.912. The number of amides is 1. The topological polar surface area (TPSA) is 56.8 Å². The molecule has 25 heavy (non-hydrogen) atoms. The number of alkyl halides is 3. The first-order valence-electron chi connectivity index (χ1n) is 7.29. The molecular weight excluding hydrogens is 339 g/mol. The molecule has 1 amide bonds. The van der Waals surface area contributed by atoms with E-state index < -0.39 is 18.2 Å². The molecule has 1 atom stereocenters. The van der Waals surface area contributed by atoms with Gasteiger partial charge in [-0.2, -0.15) is 13.2 Å². The van der Waals surface area contributed by atoms with Gasteiger partial charge in [0, 0.05) is 18.7 Å². The predicted octanol–water partition coefficient (Wildman–Crippen LogP) is 3.65. The molecule has 0 aromatic heterocycles. The molecule has 0 saturated carbocycles. The number of carbonyl (C=O) groups excluding carboxylic acids is 1. The third-order valence-corrected chi connectivity index (χ3v) is 3.67. The highest BCUT2D eigenvalue weighted by Crippen LogP contribution is 2.42. The minimum absolute atomic E-state index is 0.0472. The number of rotatable bonds is 4. The van der Waals surface area contributed by atoms with Crippen molar-refractivity contribution in [1.29, 1.82) is 0 Å². The van der Waals surface area contributed by atoms with Gasteiger partial charge in [-0.25, -0.2) is 0 Å². The number of ether oxygens (including phenoxy) is 3. The number of nitrogens with one attached hydrogen (secondary N) is 1. The minimum Gasteiger partial charge on any atom is -0.454 e. The largest absolute Gasteiger partial charge is 0.471 e. The third-order valence-electron chi connectivity index (χ3n) is 3.67. The lowest BCUT2D eigenvalue weighted by Gasteiger charge is -2.21. The second kappa shape index (κ2) is 6.64. The van der Waals surface area contributed by atoms with Gasteiger partial charge in [-0.3, -0.25) is 4.79 Å². The summed E-state index contributed by atoms with van der Waals surface area (Å²) in [6.07, 6.45) is -5.71. The smallest absolute Gasteiger partial charge is 0.454 e. The van der Waals surface area contributed by atoms with E-state index in [-0.39, 0.29) is 18.2 Å². The van der Waals surface area contributed by atoms with E-state index in [1.165, 1.54) is 19.2 Å². The van der Waals surface area contributed by atoms with E-state index in [0.29, 0.717) is 16.9 Å². The van der Waals surface area contributed by atoms with Crippen molar-refractivity contribution in [2.24, 2.45) is 0 Å². The van der Waals surface area contributed by atoms with Crippen LogP contribution in [0, 0.1) is 0 Å². The van der Waals surface area contributed by atoms with Crippen LogP contribution in [0.4, 0.5) is 18.9 Å². The SMILES string of the molecule is COC(c1ccccc1)c1cc2c(cc1NC(=O)C(F)(F)F)OCO2. The van der Waals surface area contributed by atoms with Gasteiger partial charge in [0.2, 0.25) is 6.79 Å². The van der Waals surface area contributed by atoms with Crippen molar-refractivity contribution in [3.8, 4) is 11.5 Å². The van der Waals surface area contributed by atoms with Crippen molar-refractivity contribution in [2.75, 3.05) is 19.2 Å². The molecule has 0 saturated heterocycles. The number of hydrogen-bond acceptors (Lipinski definition) is 4. The molecule has 1 unspecified atom stereocenters. The van der Waals surface area contributed by atoms with Crippen molar-refractivity contribution in [2.45, 2.75) is 12.3 Å². The van der Waals surface area contributed by atoms with Gasteiger partial charge in [-0.15, -0.1) is 0 Å². The van der Waals surface area contributed by atoms with Crippen molar-refractivity contribution in [1.82, 2.24) is 0 Å². The molecule has 0 bridgehead atoms. The zero-order chi connectivity index (χ0) is 18.0. The Morgan fingerprint density at radius 3 is 2.40 bits per heavy atom. The standard InChI is InChI=1S/C17H14F3NO4/c1-23-15(10-5-3-2-4-6-10)11-7-13-14(25-9-24-13)8-12(11)21-16(22)17(18,19)20/h2-8,15H,9H2,1H3,(H,21,22). The molecule has 8 heteroatoms. The van der Waals surface area contributed by atoms with Crippen LogP contribution >= 0.6 is 0 Å². The lowest BCUT2D eigenvalue weighted by atomic mass is 9.99. The van der Waals surface area contributed by atoms with E-state index in [1.807, 2.05) is 11.4 Å². The number of halogens is 3. The van der Waals surface area contributed by atoms with Crippen LogP contribution in [0.2, 0.25) is 0 Å². The third kappa shape index (κ3) is 3.53. The summed E-state index contributed by atoms with van der Waals surface area (Å²) in [7, 11) is 1.43. The van der Waals surface area contributed by atoms with E-state index in [0.717, 1.165) is 0 Å². The highest BCUT2D eigenvalue weighted by Gasteiger charge is 2.39. The Kier molecular flexibility index (Phi) is 4.54. The van der Waals surface area contributed by atoms with Crippen LogP contribution in [-0.4, -0.2) is 26.0 Å². The monoisotopic (exact) mass is 353 g/mol. The molecule has 1 aliphatic heterocycles. The Labute approximate surface area is 141 Å². The summed E-state index contributed by atoms with van der Waals surface area (Å²) in [4.78, 5) is 11.4. The minimum atomic E-state index is -5.01. The summed E-state index contributed by atoms with van der Waals surface area (Å²) < 4.78 is 53.9. The van der Waals surface area contributed by atoms with Crippen LogP contribution < -0.4 is 14.8 Å². The van der Waals surface area contributed by atoms with Crippen molar-refractivity contribution in [3.05, 3.63) is 53.6 Å². The molecular formula is C17H14F3NO4. The zero-order valence-electron chi connectivity index (χ0n) is 13.1. The zero-order valence-corrected chi connectivity index (χ0v) is 13.1. The van der Waals surface area contributed by atoms with Gasteiger partial charge in [0.15, 0.2) is 11.5 Å². The summed E-state index contributed by atoms with van der Waals surface area (Å²) in [5.74, 6) is -1.45. The molecule has 2 aromatic carbocycles. The molecule has 1 aliphatic rings. The number of fused-ring (bicyclic) bond motifs is 1. The maximum absolute atomic E-state index is 12.6. The number of carbonyl (C=O) groups is 1. The predicted molar refractivity (Wildman–Crippen MR) is 82.5 cm³/mol. The summed E-state index contributed by atoms with van der Waals surface area (Å²) in [6.45, 7) is -0.0472. The van der Waals surface area contributed by atoms with Crippen LogP contribution in [0.3, 0.4) is 0 Å². The molecule has 0 fully saturated rings. The lowest BCUT2D eigenvalue weighted by Crippen LogP contribution is -2.30. The van der Waals surface area contributed by atoms with Gasteiger partial charge < -0.3 is 19.5 Å². The molecule has 1 heterocycles. The van der Waals surface area contributed by atoms with E-state index in [1.54, 1.807) is 24.3 Å². The van der Waals surface area contributed by atoms with Crippen LogP contribution in [0.1, 0.15) is 17.2 Å². The van der Waals surface area contributed by atoms with Gasteiger partial charge >= 0.3 is 12.1 Å². The van der Waals surface area contributed by atoms with Crippen LogP contribution in [0.5, 0.6) is 11.5 Å². The fourth-order valence-electron chi connectivity index (χ4n) is 2.55. The first kappa shape index (κ1) is 17.1. The van der Waals surface area contributed by atoms with Gasteiger partial charge in [0.05, 0.1) is 5.69 Å². The molecule has 0 spiro atoms. The molecule has 132 valence electrons. The van der Waals surface area contributed by atoms with Crippen LogP contribution in [0.25, 0.3) is 0 Å². The van der Waals surface area contributed by atoms with E-state index in [4.69, 9.17) is 14.2 Å². The van der Waals surface area contributed by atoms with E-state index in [2.05, 4.69) is 0 Å². The van der Waals surface area contributed by atoms with Gasteiger partial charge in [0.25, 0.3) is 0 Å². The number of hydrogen-bond donors (Lipinski definition) is 1. The number of anilines is 1. The normalized spacial score (nSPS) is 14.2. The first-order valence-corrected chi connectivity index (χ1v) is 7.29. The Morgan fingerprint density at radius 1 is 1.16 bits per heavy atom. The van der Waals surface area contributed by atoms with Crippen LogP contribution in [-0.2, 0) is 9.53 Å². The average Bonchev–Trinajstić information content (AvgIpc) is 3.03. The highest BCUT2D eigenvalue weighted by molar-refractivity contribution is 5.96. The van der Waals surface area contributed by atoms with E-state index >= 15 is 0 Å². The van der Waals surface area contributed by atoms with Gasteiger partial charge in [-0.1, -0.05) is 30.3 Å². The summed E-state index contributed by atoms with van der Waals surface area (Å²) in [5, 5.41) is 1.89. The molecule has 3 rings (SSSR count). The maximum Gasteiger partial charge on any atom is 0.471 e. The van der Waals surface area contributed by atoms with Crippen molar-refractivity contribution < 1.29 is 32.2 Å². The summed E-state index contributed by atoms with van der Waals surface area (Å²) >= 11 is 0. The Balaban J connectivity index is 2.06. The van der Waals surface area contributed by atoms with Gasteiger partial charge in [0.1, 0.15) is 6.10 Å². The summed E-state index contributed by atoms with van der Waals surface area (Å²) in [6, 6.07) is 11.7. The highest BCUT2D eigenvalue weighted by atomic mass is 19.4. The van der Waals surface area contributed by atoms with E-state index in [9.17, 15) is 18.0 Å². The molecule has 5 nitrogen and oxygen atoms in total. The van der Waals surface area contributed by atoms with Gasteiger partial charge in [-0.05, 0) is 11.6 Å². The first-order chi connectivity index (χ1) is 11.9. The Morgan fingerprint density at radius 2 is 1.80 bits per heavy atom. The fourth-order valence-corrected chi connectivity index (χ4v) is 2.55. The fraction of sp³-hybridized carbons (Fsp3) is 0.235. The number of methoxy groups -OCH3 is 1. The molecule has 0 radical (unpaired) electrons.